The molecule has 0 radical (unpaired) electrons. The Bertz CT molecular complexity index is 926. The zero-order valence-electron chi connectivity index (χ0n) is 15.2. The lowest BCUT2D eigenvalue weighted by Gasteiger charge is -2.09. The predicted molar refractivity (Wildman–Crippen MR) is 104 cm³/mol. The maximum atomic E-state index is 12.4. The monoisotopic (exact) mass is 383 g/mol. The predicted octanol–water partition coefficient (Wildman–Crippen LogP) is 2.45. The molecular formula is C19H21N5O2S. The first-order valence-electron chi connectivity index (χ1n) is 8.55. The highest BCUT2D eigenvalue weighted by Gasteiger charge is 2.10. The SMILES string of the molecule is C[C@@H](O)c1cccc(-c2cccc(C(=O)NCCSc3nncn3C)c2)n1. The number of aliphatic hydroxyl groups is 1. The van der Waals surface area contributed by atoms with Gasteiger partial charge < -0.3 is 15.0 Å². The maximum absolute atomic E-state index is 12.4. The van der Waals surface area contributed by atoms with Crippen molar-refractivity contribution in [2.75, 3.05) is 12.3 Å². The zero-order chi connectivity index (χ0) is 19.2. The molecule has 1 aromatic carbocycles. The van der Waals surface area contributed by atoms with Crippen molar-refractivity contribution < 1.29 is 9.90 Å². The molecule has 0 saturated heterocycles. The number of amides is 1. The van der Waals surface area contributed by atoms with Crippen molar-refractivity contribution >= 4 is 17.7 Å². The number of aryl methyl sites for hydroxylation is 1. The van der Waals surface area contributed by atoms with Gasteiger partial charge in [0.25, 0.3) is 5.91 Å². The molecule has 0 aliphatic heterocycles. The third-order valence-corrected chi connectivity index (χ3v) is 4.94. The average Bonchev–Trinajstić information content (AvgIpc) is 3.10. The highest BCUT2D eigenvalue weighted by Crippen LogP contribution is 2.21. The van der Waals surface area contributed by atoms with E-state index in [-0.39, 0.29) is 5.91 Å². The molecule has 2 N–H and O–H groups in total. The molecule has 0 unspecified atom stereocenters. The quantitative estimate of drug-likeness (QED) is 0.481. The van der Waals surface area contributed by atoms with Crippen molar-refractivity contribution in [3.63, 3.8) is 0 Å². The topological polar surface area (TPSA) is 92.9 Å². The molecule has 7 nitrogen and oxygen atoms in total. The lowest BCUT2D eigenvalue weighted by molar-refractivity contribution is 0.0956. The lowest BCUT2D eigenvalue weighted by atomic mass is 10.1. The second-order valence-electron chi connectivity index (χ2n) is 6.03. The van der Waals surface area contributed by atoms with E-state index in [0.29, 0.717) is 23.6 Å². The van der Waals surface area contributed by atoms with E-state index in [2.05, 4.69) is 20.5 Å². The first-order valence-corrected chi connectivity index (χ1v) is 9.53. The van der Waals surface area contributed by atoms with Gasteiger partial charge in [-0.3, -0.25) is 9.78 Å². The second kappa shape index (κ2) is 8.79. The third kappa shape index (κ3) is 4.93. The Balaban J connectivity index is 1.62. The van der Waals surface area contributed by atoms with Gasteiger partial charge >= 0.3 is 0 Å². The molecule has 0 aliphatic rings. The van der Waals surface area contributed by atoms with Crippen molar-refractivity contribution in [1.82, 2.24) is 25.1 Å². The summed E-state index contributed by atoms with van der Waals surface area (Å²) in [7, 11) is 1.88. The molecule has 1 amide bonds. The Morgan fingerprint density at radius 1 is 1.30 bits per heavy atom. The Kier molecular flexibility index (Phi) is 6.20. The first-order chi connectivity index (χ1) is 13.0. The number of aromatic nitrogens is 4. The number of benzene rings is 1. The number of thioether (sulfide) groups is 1. The lowest BCUT2D eigenvalue weighted by Crippen LogP contribution is -2.25. The van der Waals surface area contributed by atoms with E-state index in [1.54, 1.807) is 31.5 Å². The van der Waals surface area contributed by atoms with Gasteiger partial charge in [0.05, 0.1) is 17.5 Å². The Hall–Kier alpha value is -2.71. The van der Waals surface area contributed by atoms with Crippen LogP contribution in [0.2, 0.25) is 0 Å². The molecule has 0 aliphatic carbocycles. The van der Waals surface area contributed by atoms with E-state index in [1.807, 2.05) is 35.9 Å². The highest BCUT2D eigenvalue weighted by molar-refractivity contribution is 7.99. The standard InChI is InChI=1S/C19H21N5O2S/c1-13(25)16-7-4-8-17(22-16)14-5-3-6-15(11-14)18(26)20-9-10-27-19-23-21-12-24(19)2/h3-8,11-13,25H,9-10H2,1-2H3,(H,20,26)/t13-/m1/s1. The minimum atomic E-state index is -0.636. The number of rotatable bonds is 7. The van der Waals surface area contributed by atoms with E-state index in [1.165, 1.54) is 11.8 Å². The first kappa shape index (κ1) is 19.1. The van der Waals surface area contributed by atoms with E-state index in [9.17, 15) is 9.90 Å². The summed E-state index contributed by atoms with van der Waals surface area (Å²) in [5, 5.41) is 21.2. The summed E-state index contributed by atoms with van der Waals surface area (Å²) >= 11 is 1.54. The number of pyridine rings is 1. The van der Waals surface area contributed by atoms with Gasteiger partial charge in [0, 0.05) is 30.5 Å². The molecular weight excluding hydrogens is 362 g/mol. The Morgan fingerprint density at radius 2 is 2.11 bits per heavy atom. The van der Waals surface area contributed by atoms with Crippen LogP contribution in [0.15, 0.2) is 53.9 Å². The Labute approximate surface area is 161 Å². The van der Waals surface area contributed by atoms with Gasteiger partial charge in [-0.1, -0.05) is 30.0 Å². The summed E-state index contributed by atoms with van der Waals surface area (Å²) in [5.74, 6) is 0.567. The number of nitrogens with zero attached hydrogens (tertiary/aromatic N) is 4. The molecule has 27 heavy (non-hydrogen) atoms. The summed E-state index contributed by atoms with van der Waals surface area (Å²) in [5.41, 5.74) is 2.73. The van der Waals surface area contributed by atoms with Gasteiger partial charge in [-0.15, -0.1) is 10.2 Å². The molecule has 2 aromatic heterocycles. The molecule has 3 rings (SSSR count). The van der Waals surface area contributed by atoms with Crippen LogP contribution >= 0.6 is 11.8 Å². The van der Waals surface area contributed by atoms with Crippen molar-refractivity contribution in [1.29, 1.82) is 0 Å². The molecule has 0 fully saturated rings. The van der Waals surface area contributed by atoms with Gasteiger partial charge in [0.1, 0.15) is 6.33 Å². The summed E-state index contributed by atoms with van der Waals surface area (Å²) in [4.78, 5) is 16.9. The third-order valence-electron chi connectivity index (χ3n) is 3.91. The van der Waals surface area contributed by atoms with E-state index >= 15 is 0 Å². The number of nitrogens with one attached hydrogen (secondary N) is 1. The molecule has 8 heteroatoms. The van der Waals surface area contributed by atoms with Gasteiger partial charge in [-0.25, -0.2) is 0 Å². The summed E-state index contributed by atoms with van der Waals surface area (Å²) in [6.45, 7) is 2.20. The van der Waals surface area contributed by atoms with Crippen LogP contribution in [0.25, 0.3) is 11.3 Å². The van der Waals surface area contributed by atoms with Crippen molar-refractivity contribution in [2.45, 2.75) is 18.2 Å². The minimum Gasteiger partial charge on any atom is -0.387 e. The van der Waals surface area contributed by atoms with E-state index in [4.69, 9.17) is 0 Å². The second-order valence-corrected chi connectivity index (χ2v) is 7.10. The summed E-state index contributed by atoms with van der Waals surface area (Å²) in [6.07, 6.45) is 1.01. The van der Waals surface area contributed by atoms with Crippen molar-refractivity contribution in [3.8, 4) is 11.3 Å². The smallest absolute Gasteiger partial charge is 0.251 e. The van der Waals surface area contributed by atoms with Crippen LogP contribution in [0, 0.1) is 0 Å². The average molecular weight is 383 g/mol. The number of aliphatic hydroxyl groups excluding tert-OH is 1. The highest BCUT2D eigenvalue weighted by atomic mass is 32.2. The summed E-state index contributed by atoms with van der Waals surface area (Å²) < 4.78 is 1.84. The van der Waals surface area contributed by atoms with Gasteiger partial charge in [-0.2, -0.15) is 0 Å². The fourth-order valence-electron chi connectivity index (χ4n) is 2.48. The number of hydrogen-bond acceptors (Lipinski definition) is 6. The number of carbonyl (C=O) groups excluding carboxylic acids is 1. The largest absolute Gasteiger partial charge is 0.387 e. The molecule has 3 aromatic rings. The van der Waals surface area contributed by atoms with Crippen LogP contribution in [-0.4, -0.2) is 43.1 Å². The minimum absolute atomic E-state index is 0.137. The zero-order valence-corrected chi connectivity index (χ0v) is 16.0. The number of hydrogen-bond donors (Lipinski definition) is 2. The molecule has 140 valence electrons. The van der Waals surface area contributed by atoms with E-state index < -0.39 is 6.10 Å². The van der Waals surface area contributed by atoms with Crippen molar-refractivity contribution in [2.24, 2.45) is 7.05 Å². The van der Waals surface area contributed by atoms with Crippen molar-refractivity contribution in [3.05, 3.63) is 60.0 Å². The van der Waals surface area contributed by atoms with Crippen LogP contribution in [0.5, 0.6) is 0 Å². The van der Waals surface area contributed by atoms with Crippen LogP contribution in [-0.2, 0) is 7.05 Å². The van der Waals surface area contributed by atoms with Crippen LogP contribution in [0.4, 0.5) is 0 Å². The summed E-state index contributed by atoms with van der Waals surface area (Å²) in [6, 6.07) is 12.8. The Morgan fingerprint density at radius 3 is 2.85 bits per heavy atom. The van der Waals surface area contributed by atoms with Gasteiger partial charge in [0.2, 0.25) is 0 Å². The molecule has 2 heterocycles. The van der Waals surface area contributed by atoms with Gasteiger partial charge in [-0.05, 0) is 31.2 Å². The van der Waals surface area contributed by atoms with Crippen LogP contribution in [0.1, 0.15) is 29.1 Å². The molecule has 0 bridgehead atoms. The van der Waals surface area contributed by atoms with Crippen LogP contribution < -0.4 is 5.32 Å². The molecule has 1 atom stereocenters. The van der Waals surface area contributed by atoms with Gasteiger partial charge in [0.15, 0.2) is 5.16 Å². The fraction of sp³-hybridized carbons (Fsp3) is 0.263. The fourth-order valence-corrected chi connectivity index (χ4v) is 3.22. The van der Waals surface area contributed by atoms with E-state index in [0.717, 1.165) is 16.4 Å². The number of carbonyl (C=O) groups is 1. The normalized spacial score (nSPS) is 12.0. The maximum Gasteiger partial charge on any atom is 0.251 e. The van der Waals surface area contributed by atoms with Crippen LogP contribution in [0.3, 0.4) is 0 Å². The molecule has 0 saturated carbocycles. The molecule has 0 spiro atoms.